The minimum atomic E-state index is 0.548. The van der Waals surface area contributed by atoms with Crippen molar-refractivity contribution in [3.63, 3.8) is 0 Å². The molecule has 0 spiro atoms. The summed E-state index contributed by atoms with van der Waals surface area (Å²) in [6.45, 7) is 13.5. The van der Waals surface area contributed by atoms with Gasteiger partial charge in [-0.25, -0.2) is 9.13 Å². The van der Waals surface area contributed by atoms with Crippen molar-refractivity contribution in [1.29, 1.82) is 0 Å². The third-order valence-electron chi connectivity index (χ3n) is 2.88. The Kier molecular flexibility index (Phi) is 3.14. The molecule has 0 atom stereocenters. The molecule has 2 nitrogen and oxygen atoms in total. The van der Waals surface area contributed by atoms with Gasteiger partial charge >= 0.3 is 0 Å². The van der Waals surface area contributed by atoms with E-state index in [4.69, 9.17) is 0 Å². The number of imidazole rings is 1. The summed E-state index contributed by atoms with van der Waals surface area (Å²) in [6.07, 6.45) is 1.96. The second kappa shape index (κ2) is 3.99. The molecule has 0 saturated carbocycles. The van der Waals surface area contributed by atoms with Crippen molar-refractivity contribution in [1.82, 2.24) is 4.57 Å². The van der Waals surface area contributed by atoms with Gasteiger partial charge in [0.2, 0.25) is 0 Å². The summed E-state index contributed by atoms with van der Waals surface area (Å²) >= 11 is 0. The van der Waals surface area contributed by atoms with Crippen molar-refractivity contribution in [2.75, 3.05) is 0 Å². The Morgan fingerprint density at radius 3 is 2.43 bits per heavy atom. The number of hydrogen-bond acceptors (Lipinski definition) is 0. The molecule has 1 heterocycles. The first-order valence-corrected chi connectivity index (χ1v) is 5.17. The second-order valence-corrected chi connectivity index (χ2v) is 4.14. The molecule has 0 saturated heterocycles. The quantitative estimate of drug-likeness (QED) is 0.514. The van der Waals surface area contributed by atoms with Crippen molar-refractivity contribution in [2.24, 2.45) is 7.05 Å². The summed E-state index contributed by atoms with van der Waals surface area (Å²) < 4.78 is 4.62. The lowest BCUT2D eigenvalue weighted by Gasteiger charge is -2.04. The fourth-order valence-electron chi connectivity index (χ4n) is 2.02. The Bertz CT molecular complexity index is 346. The molecule has 0 aliphatic carbocycles. The Labute approximate surface area is 86.9 Å². The van der Waals surface area contributed by atoms with Crippen LogP contribution >= 0.6 is 0 Å². The van der Waals surface area contributed by atoms with E-state index in [1.165, 1.54) is 17.2 Å². The van der Waals surface area contributed by atoms with Crippen molar-refractivity contribution < 1.29 is 4.57 Å². The fourth-order valence-corrected chi connectivity index (χ4v) is 2.02. The molecular weight excluding hydrogens is 172 g/mol. The van der Waals surface area contributed by atoms with Gasteiger partial charge in [0.15, 0.2) is 0 Å². The largest absolute Gasteiger partial charge is 0.259 e. The van der Waals surface area contributed by atoms with Gasteiger partial charge < -0.3 is 0 Å². The zero-order chi connectivity index (χ0) is 10.9. The first kappa shape index (κ1) is 11.0. The van der Waals surface area contributed by atoms with Gasteiger partial charge in [-0.05, 0) is 0 Å². The number of hydrogen-bond donors (Lipinski definition) is 0. The lowest BCUT2D eigenvalue weighted by molar-refractivity contribution is -0.685. The van der Waals surface area contributed by atoms with E-state index in [0.717, 1.165) is 6.54 Å². The Morgan fingerprint density at radius 1 is 1.43 bits per heavy atom. The van der Waals surface area contributed by atoms with Gasteiger partial charge in [-0.1, -0.05) is 26.5 Å². The van der Waals surface area contributed by atoms with Crippen LogP contribution < -0.4 is 4.57 Å². The topological polar surface area (TPSA) is 8.81 Å². The van der Waals surface area contributed by atoms with Crippen LogP contribution in [0.4, 0.5) is 0 Å². The van der Waals surface area contributed by atoms with E-state index in [-0.39, 0.29) is 0 Å². The van der Waals surface area contributed by atoms with Crippen LogP contribution in [0.15, 0.2) is 12.7 Å². The fraction of sp³-hybridized carbons (Fsp3) is 0.583. The maximum atomic E-state index is 3.81. The second-order valence-electron chi connectivity index (χ2n) is 4.14. The molecule has 14 heavy (non-hydrogen) atoms. The highest BCUT2D eigenvalue weighted by atomic mass is 15.2. The zero-order valence-corrected chi connectivity index (χ0v) is 9.96. The van der Waals surface area contributed by atoms with Crippen molar-refractivity contribution in [3.8, 4) is 0 Å². The van der Waals surface area contributed by atoms with Crippen LogP contribution in [0.2, 0.25) is 0 Å². The summed E-state index contributed by atoms with van der Waals surface area (Å²) in [4.78, 5) is 0. The normalized spacial score (nSPS) is 11.0. The maximum Gasteiger partial charge on any atom is 0.259 e. The lowest BCUT2D eigenvalue weighted by Crippen LogP contribution is -2.35. The third-order valence-corrected chi connectivity index (χ3v) is 2.88. The number of aromatic nitrogens is 2. The maximum absolute atomic E-state index is 3.81. The highest BCUT2D eigenvalue weighted by molar-refractivity contribution is 5.09. The number of allylic oxidation sites excluding steroid dienone is 1. The standard InChI is InChI=1S/C12H21N2/c1-7-8-14-11(5)10(4)13(6)12(14)9(2)3/h7,9H,1,8H2,2-6H3/q+1. The van der Waals surface area contributed by atoms with Crippen LogP contribution in [0.1, 0.15) is 37.0 Å². The molecule has 1 rings (SSSR count). The van der Waals surface area contributed by atoms with E-state index in [1.807, 2.05) is 6.08 Å². The predicted molar refractivity (Wildman–Crippen MR) is 59.4 cm³/mol. The molecule has 78 valence electrons. The monoisotopic (exact) mass is 193 g/mol. The zero-order valence-electron chi connectivity index (χ0n) is 9.96. The van der Waals surface area contributed by atoms with Crippen molar-refractivity contribution in [2.45, 2.75) is 40.2 Å². The molecule has 0 fully saturated rings. The molecule has 0 unspecified atom stereocenters. The smallest absolute Gasteiger partial charge is 0.234 e. The van der Waals surface area contributed by atoms with E-state index in [9.17, 15) is 0 Å². The molecule has 0 bridgehead atoms. The highest BCUT2D eigenvalue weighted by Gasteiger charge is 2.24. The van der Waals surface area contributed by atoms with E-state index in [1.54, 1.807) is 0 Å². The summed E-state index contributed by atoms with van der Waals surface area (Å²) in [5.74, 6) is 1.92. The Balaban J connectivity index is 3.36. The third kappa shape index (κ3) is 1.61. The molecule has 1 aromatic heterocycles. The molecule has 0 N–H and O–H groups in total. The molecule has 0 aliphatic heterocycles. The first-order chi connectivity index (χ1) is 6.50. The summed E-state index contributed by atoms with van der Waals surface area (Å²) in [7, 11) is 2.14. The minimum absolute atomic E-state index is 0.548. The van der Waals surface area contributed by atoms with E-state index < -0.39 is 0 Å². The van der Waals surface area contributed by atoms with Crippen molar-refractivity contribution >= 4 is 0 Å². The molecule has 1 aromatic rings. The molecule has 2 heteroatoms. The molecule has 0 radical (unpaired) electrons. The highest BCUT2D eigenvalue weighted by Crippen LogP contribution is 2.15. The Hall–Kier alpha value is -1.05. The van der Waals surface area contributed by atoms with Gasteiger partial charge in [-0.3, -0.25) is 0 Å². The first-order valence-electron chi connectivity index (χ1n) is 5.17. The van der Waals surface area contributed by atoms with Gasteiger partial charge in [0.1, 0.15) is 17.9 Å². The summed E-state index contributed by atoms with van der Waals surface area (Å²) in [6, 6.07) is 0. The van der Waals surface area contributed by atoms with E-state index >= 15 is 0 Å². The molecule has 0 aliphatic rings. The van der Waals surface area contributed by atoms with Gasteiger partial charge in [0.05, 0.1) is 13.0 Å². The van der Waals surface area contributed by atoms with Crippen LogP contribution in [0.3, 0.4) is 0 Å². The number of nitrogens with zero attached hydrogens (tertiary/aromatic N) is 2. The molecular formula is C12H21N2+. The average molecular weight is 193 g/mol. The van der Waals surface area contributed by atoms with Gasteiger partial charge in [0.25, 0.3) is 5.82 Å². The van der Waals surface area contributed by atoms with Crippen LogP contribution in [0.25, 0.3) is 0 Å². The number of rotatable bonds is 3. The van der Waals surface area contributed by atoms with E-state index in [0.29, 0.717) is 5.92 Å². The summed E-state index contributed by atoms with van der Waals surface area (Å²) in [5.41, 5.74) is 2.69. The molecule has 0 amide bonds. The predicted octanol–water partition coefficient (Wildman–Crippen LogP) is 2.24. The molecule has 0 aromatic carbocycles. The van der Waals surface area contributed by atoms with Gasteiger partial charge in [0, 0.05) is 13.8 Å². The SMILES string of the molecule is C=CCn1c(C)c(C)[n+](C)c1C(C)C. The van der Waals surface area contributed by atoms with Crippen LogP contribution in [-0.2, 0) is 13.6 Å². The Morgan fingerprint density at radius 2 is 2.00 bits per heavy atom. The lowest BCUT2D eigenvalue weighted by atomic mass is 10.2. The van der Waals surface area contributed by atoms with E-state index in [2.05, 4.69) is 50.5 Å². The van der Waals surface area contributed by atoms with Crippen molar-refractivity contribution in [3.05, 3.63) is 29.9 Å². The van der Waals surface area contributed by atoms with Gasteiger partial charge in [-0.15, -0.1) is 0 Å². The van der Waals surface area contributed by atoms with Crippen LogP contribution in [0.5, 0.6) is 0 Å². The summed E-state index contributed by atoms with van der Waals surface area (Å²) in [5, 5.41) is 0. The van der Waals surface area contributed by atoms with Crippen LogP contribution in [0, 0.1) is 13.8 Å². The van der Waals surface area contributed by atoms with Crippen LogP contribution in [-0.4, -0.2) is 4.57 Å². The minimum Gasteiger partial charge on any atom is -0.234 e. The average Bonchev–Trinajstić information content (AvgIpc) is 2.32. The van der Waals surface area contributed by atoms with Gasteiger partial charge in [-0.2, -0.15) is 0 Å².